The fourth-order valence-electron chi connectivity index (χ4n) is 3.93. The molecule has 0 fully saturated rings. The molecule has 162 valence electrons. The highest BCUT2D eigenvalue weighted by atomic mass is 16.3. The molecular formula is C28H28N2O2. The highest BCUT2D eigenvalue weighted by molar-refractivity contribution is 6.03. The third-order valence-corrected chi connectivity index (χ3v) is 5.67. The number of aromatic nitrogens is 1. The van der Waals surface area contributed by atoms with E-state index in [1.165, 1.54) is 0 Å². The number of rotatable bonds is 4. The molecule has 4 heteroatoms. The van der Waals surface area contributed by atoms with Crippen molar-refractivity contribution in [1.29, 1.82) is 0 Å². The first-order chi connectivity index (χ1) is 15.3. The minimum atomic E-state index is -0.514. The number of aryl methyl sites for hydroxylation is 1. The first-order valence-electron chi connectivity index (χ1n) is 10.8. The molecule has 32 heavy (non-hydrogen) atoms. The van der Waals surface area contributed by atoms with Gasteiger partial charge >= 0.3 is 0 Å². The van der Waals surface area contributed by atoms with Crippen LogP contribution in [0.15, 0.2) is 79.0 Å². The summed E-state index contributed by atoms with van der Waals surface area (Å²) in [6, 6.07) is 23.7. The second-order valence-electron chi connectivity index (χ2n) is 9.21. The number of phenolic OH excluding ortho intramolecular Hbond substituents is 1. The highest BCUT2D eigenvalue weighted by Gasteiger charge is 2.25. The number of pyridine rings is 1. The summed E-state index contributed by atoms with van der Waals surface area (Å²) in [4.78, 5) is 17.3. The summed E-state index contributed by atoms with van der Waals surface area (Å²) in [6.45, 7) is 7.69. The molecule has 1 aromatic heterocycles. The zero-order valence-electron chi connectivity index (χ0n) is 18.9. The Morgan fingerprint density at radius 1 is 0.938 bits per heavy atom. The van der Waals surface area contributed by atoms with Gasteiger partial charge in [-0.1, -0.05) is 80.9 Å². The Morgan fingerprint density at radius 2 is 1.69 bits per heavy atom. The third kappa shape index (κ3) is 4.22. The average molecular weight is 425 g/mol. The van der Waals surface area contributed by atoms with Gasteiger partial charge in [0.05, 0.1) is 11.2 Å². The number of amides is 1. The van der Waals surface area contributed by atoms with E-state index < -0.39 is 5.41 Å². The van der Waals surface area contributed by atoms with Crippen LogP contribution in [0.3, 0.4) is 0 Å². The van der Waals surface area contributed by atoms with Crippen molar-refractivity contribution in [1.82, 2.24) is 4.98 Å². The largest absolute Gasteiger partial charge is 0.508 e. The van der Waals surface area contributed by atoms with Gasteiger partial charge < -0.3 is 10.4 Å². The number of hydrogen-bond acceptors (Lipinski definition) is 3. The number of benzene rings is 3. The third-order valence-electron chi connectivity index (χ3n) is 5.67. The second kappa shape index (κ2) is 8.46. The topological polar surface area (TPSA) is 62.2 Å². The van der Waals surface area contributed by atoms with Crippen molar-refractivity contribution >= 4 is 22.5 Å². The van der Waals surface area contributed by atoms with Crippen LogP contribution in [-0.2, 0) is 4.79 Å². The van der Waals surface area contributed by atoms with Gasteiger partial charge in [-0.3, -0.25) is 9.78 Å². The molecule has 4 nitrogen and oxygen atoms in total. The number of hydrogen-bond donors (Lipinski definition) is 2. The molecule has 0 radical (unpaired) electrons. The average Bonchev–Trinajstić information content (AvgIpc) is 2.77. The highest BCUT2D eigenvalue weighted by Crippen LogP contribution is 2.41. The van der Waals surface area contributed by atoms with Crippen molar-refractivity contribution < 1.29 is 9.90 Å². The lowest BCUT2D eigenvalue weighted by Gasteiger charge is -2.23. The molecule has 0 aliphatic heterocycles. The van der Waals surface area contributed by atoms with Gasteiger partial charge in [-0.2, -0.15) is 0 Å². The Hall–Kier alpha value is -3.66. The summed E-state index contributed by atoms with van der Waals surface area (Å²) in [7, 11) is 0. The van der Waals surface area contributed by atoms with Crippen molar-refractivity contribution in [2.45, 2.75) is 33.6 Å². The maximum absolute atomic E-state index is 12.6. The van der Waals surface area contributed by atoms with Gasteiger partial charge in [0.2, 0.25) is 5.91 Å². The first kappa shape index (κ1) is 21.6. The predicted molar refractivity (Wildman–Crippen MR) is 130 cm³/mol. The second-order valence-corrected chi connectivity index (χ2v) is 9.21. The molecule has 0 unspecified atom stereocenters. The number of nitrogens with one attached hydrogen (secondary N) is 1. The van der Waals surface area contributed by atoms with Crippen LogP contribution in [0.25, 0.3) is 10.9 Å². The van der Waals surface area contributed by atoms with Gasteiger partial charge in [-0.05, 0) is 36.2 Å². The fourth-order valence-corrected chi connectivity index (χ4v) is 3.93. The van der Waals surface area contributed by atoms with Crippen molar-refractivity contribution in [3.05, 3.63) is 101 Å². The van der Waals surface area contributed by atoms with E-state index in [4.69, 9.17) is 0 Å². The molecule has 0 saturated carbocycles. The lowest BCUT2D eigenvalue weighted by Crippen LogP contribution is -2.27. The molecule has 0 saturated heterocycles. The SMILES string of the molecule is Cc1ccc(O)c([C@H](c2ccccc2)c2ccc(NC(=O)C(C)(C)C)c3ncccc23)c1. The van der Waals surface area contributed by atoms with Gasteiger partial charge in [0, 0.05) is 28.5 Å². The van der Waals surface area contributed by atoms with Crippen molar-refractivity contribution in [2.24, 2.45) is 5.41 Å². The van der Waals surface area contributed by atoms with Crippen LogP contribution in [0.5, 0.6) is 5.75 Å². The van der Waals surface area contributed by atoms with Crippen LogP contribution < -0.4 is 5.32 Å². The maximum Gasteiger partial charge on any atom is 0.229 e. The van der Waals surface area contributed by atoms with Crippen LogP contribution in [0, 0.1) is 12.3 Å². The summed E-state index contributed by atoms with van der Waals surface area (Å²) in [5.74, 6) is 0.00918. The molecule has 2 N–H and O–H groups in total. The van der Waals surface area contributed by atoms with E-state index in [1.807, 2.05) is 82.3 Å². The van der Waals surface area contributed by atoms with E-state index in [0.29, 0.717) is 5.69 Å². The molecule has 1 atom stereocenters. The molecule has 1 heterocycles. The number of aromatic hydroxyl groups is 1. The molecular weight excluding hydrogens is 396 g/mol. The monoisotopic (exact) mass is 424 g/mol. The maximum atomic E-state index is 12.6. The number of carbonyl (C=O) groups excluding carboxylic acids is 1. The Balaban J connectivity index is 1.94. The Kier molecular flexibility index (Phi) is 5.70. The number of nitrogens with zero attached hydrogens (tertiary/aromatic N) is 1. The van der Waals surface area contributed by atoms with E-state index >= 15 is 0 Å². The van der Waals surface area contributed by atoms with Crippen LogP contribution in [-0.4, -0.2) is 16.0 Å². The van der Waals surface area contributed by atoms with E-state index in [2.05, 4.69) is 22.4 Å². The first-order valence-corrected chi connectivity index (χ1v) is 10.8. The molecule has 0 spiro atoms. The van der Waals surface area contributed by atoms with Gasteiger partial charge in [0.15, 0.2) is 0 Å². The van der Waals surface area contributed by atoms with E-state index in [9.17, 15) is 9.90 Å². The minimum absolute atomic E-state index is 0.0619. The van der Waals surface area contributed by atoms with Crippen LogP contribution in [0.1, 0.15) is 48.9 Å². The smallest absolute Gasteiger partial charge is 0.229 e. The van der Waals surface area contributed by atoms with E-state index in [0.717, 1.165) is 33.2 Å². The summed E-state index contributed by atoms with van der Waals surface area (Å²) >= 11 is 0. The predicted octanol–water partition coefficient (Wildman–Crippen LogP) is 6.41. The van der Waals surface area contributed by atoms with Gasteiger partial charge in [0.25, 0.3) is 0 Å². The Bertz CT molecular complexity index is 1270. The zero-order valence-corrected chi connectivity index (χ0v) is 18.9. The summed E-state index contributed by atoms with van der Waals surface area (Å²) < 4.78 is 0. The van der Waals surface area contributed by atoms with Crippen LogP contribution >= 0.6 is 0 Å². The molecule has 0 aliphatic carbocycles. The number of carbonyl (C=O) groups is 1. The van der Waals surface area contributed by atoms with E-state index in [1.54, 1.807) is 12.3 Å². The molecule has 0 bridgehead atoms. The molecule has 0 aliphatic rings. The number of phenols is 1. The molecule has 3 aromatic carbocycles. The standard InChI is InChI=1S/C28H28N2O2/c1-18-12-15-24(31)22(17-18)25(19-9-6-5-7-10-19)20-13-14-23(30-27(32)28(2,3)4)26-21(20)11-8-16-29-26/h5-17,25,31H,1-4H3,(H,30,32)/t25-/m1/s1. The van der Waals surface area contributed by atoms with Gasteiger partial charge in [0.1, 0.15) is 5.75 Å². The molecule has 1 amide bonds. The fraction of sp³-hybridized carbons (Fsp3) is 0.214. The van der Waals surface area contributed by atoms with Crippen LogP contribution in [0.4, 0.5) is 5.69 Å². The zero-order chi connectivity index (χ0) is 22.9. The van der Waals surface area contributed by atoms with E-state index in [-0.39, 0.29) is 17.6 Å². The van der Waals surface area contributed by atoms with Gasteiger partial charge in [-0.25, -0.2) is 0 Å². The summed E-state index contributed by atoms with van der Waals surface area (Å²) in [5, 5.41) is 14.8. The Labute approximate surface area is 189 Å². The normalized spacial score (nSPS) is 12.5. The van der Waals surface area contributed by atoms with Crippen molar-refractivity contribution in [3.8, 4) is 5.75 Å². The van der Waals surface area contributed by atoms with Gasteiger partial charge in [-0.15, -0.1) is 0 Å². The number of fused-ring (bicyclic) bond motifs is 1. The molecule has 4 rings (SSSR count). The van der Waals surface area contributed by atoms with Crippen molar-refractivity contribution in [2.75, 3.05) is 5.32 Å². The summed E-state index contributed by atoms with van der Waals surface area (Å²) in [6.07, 6.45) is 1.74. The quantitative estimate of drug-likeness (QED) is 0.372. The Morgan fingerprint density at radius 3 is 2.41 bits per heavy atom. The van der Waals surface area contributed by atoms with Crippen molar-refractivity contribution in [3.63, 3.8) is 0 Å². The minimum Gasteiger partial charge on any atom is -0.508 e. The lowest BCUT2D eigenvalue weighted by atomic mass is 9.82. The number of anilines is 1. The lowest BCUT2D eigenvalue weighted by molar-refractivity contribution is -0.123. The van der Waals surface area contributed by atoms with Crippen LogP contribution in [0.2, 0.25) is 0 Å². The summed E-state index contributed by atoms with van der Waals surface area (Å²) in [5.41, 5.74) is 4.92. The molecule has 4 aromatic rings.